The van der Waals surface area contributed by atoms with E-state index in [9.17, 15) is 9.59 Å². The van der Waals surface area contributed by atoms with E-state index in [1.54, 1.807) is 0 Å². The van der Waals surface area contributed by atoms with Crippen LogP contribution < -0.4 is 10.6 Å². The van der Waals surface area contributed by atoms with Gasteiger partial charge in [0.05, 0.1) is 9.75 Å². The number of hydrogen-bond acceptors (Lipinski definition) is 4. The molecule has 5 rings (SSSR count). The van der Waals surface area contributed by atoms with Crippen molar-refractivity contribution in [3.05, 3.63) is 66.4 Å². The Bertz CT molecular complexity index is 964. The van der Waals surface area contributed by atoms with Crippen molar-refractivity contribution in [3.8, 4) is 11.1 Å². The van der Waals surface area contributed by atoms with Crippen LogP contribution in [0.1, 0.15) is 45.3 Å². The molecule has 7 heteroatoms. The van der Waals surface area contributed by atoms with Crippen molar-refractivity contribution in [1.29, 1.82) is 0 Å². The highest BCUT2D eigenvalue weighted by atomic mass is 79.9. The first-order valence-electron chi connectivity index (χ1n) is 7.63. The van der Waals surface area contributed by atoms with Gasteiger partial charge in [0.25, 0.3) is 11.8 Å². The van der Waals surface area contributed by atoms with Gasteiger partial charge in [-0.1, -0.05) is 45.2 Å². The van der Waals surface area contributed by atoms with Crippen molar-refractivity contribution in [3.63, 3.8) is 0 Å². The summed E-state index contributed by atoms with van der Waals surface area (Å²) in [5.74, 6) is 0.128. The number of carbonyl (C=O) groups is 2. The van der Waals surface area contributed by atoms with Crippen molar-refractivity contribution in [1.82, 2.24) is 10.6 Å². The van der Waals surface area contributed by atoms with Crippen LogP contribution in [0.5, 0.6) is 0 Å². The number of fused-ring (bicyclic) bond motifs is 2. The van der Waals surface area contributed by atoms with Crippen LogP contribution in [0.25, 0.3) is 11.1 Å². The second-order valence-corrected chi connectivity index (χ2v) is 8.19. The zero-order chi connectivity index (χ0) is 17.4. The van der Waals surface area contributed by atoms with Crippen molar-refractivity contribution < 1.29 is 9.59 Å². The molecule has 142 valence electrons. The maximum absolute atomic E-state index is 11.4. The van der Waals surface area contributed by atoms with Crippen LogP contribution in [0.4, 0.5) is 0 Å². The molecule has 0 unspecified atom stereocenters. The molecule has 0 fully saturated rings. The lowest BCUT2D eigenvalue weighted by Crippen LogP contribution is -2.12. The molecule has 0 spiro atoms. The second-order valence-electron chi connectivity index (χ2n) is 5.58. The lowest BCUT2D eigenvalue weighted by molar-refractivity contribution is 0.0961. The minimum Gasteiger partial charge on any atom is -0.347 e. The lowest BCUT2D eigenvalue weighted by atomic mass is 10.0. The SMILES string of the molecule is C.C.O=C1NCc2c(-c3ccccc3)csc21.O=C1NCc2c(Br)csc21. The number of hydrogen-bond donors (Lipinski definition) is 2. The van der Waals surface area contributed by atoms with Gasteiger partial charge >= 0.3 is 0 Å². The first-order valence-corrected chi connectivity index (χ1v) is 10.2. The van der Waals surface area contributed by atoms with Crippen molar-refractivity contribution in [2.24, 2.45) is 0 Å². The fourth-order valence-electron chi connectivity index (χ4n) is 2.82. The Morgan fingerprint density at radius 1 is 0.815 bits per heavy atom. The maximum Gasteiger partial charge on any atom is 0.262 e. The summed E-state index contributed by atoms with van der Waals surface area (Å²) >= 11 is 6.38. The summed E-state index contributed by atoms with van der Waals surface area (Å²) in [6.07, 6.45) is 0. The minimum absolute atomic E-state index is 0. The zero-order valence-corrected chi connectivity index (χ0v) is 16.2. The molecule has 2 aromatic heterocycles. The first kappa shape index (κ1) is 21.3. The molecule has 2 aliphatic rings. The van der Waals surface area contributed by atoms with E-state index in [1.165, 1.54) is 33.8 Å². The summed E-state index contributed by atoms with van der Waals surface area (Å²) in [6, 6.07) is 10.2. The Morgan fingerprint density at radius 3 is 2.00 bits per heavy atom. The molecular formula is C20H21BrN2O2S2. The summed E-state index contributed by atoms with van der Waals surface area (Å²) in [6.45, 7) is 1.35. The molecule has 0 radical (unpaired) electrons. The van der Waals surface area contributed by atoms with E-state index in [-0.39, 0.29) is 26.7 Å². The Labute approximate surface area is 175 Å². The van der Waals surface area contributed by atoms with E-state index in [0.717, 1.165) is 25.4 Å². The van der Waals surface area contributed by atoms with Crippen LogP contribution in [0, 0.1) is 0 Å². The third kappa shape index (κ3) is 4.00. The van der Waals surface area contributed by atoms with Gasteiger partial charge in [0.15, 0.2) is 0 Å². The molecule has 27 heavy (non-hydrogen) atoms. The van der Waals surface area contributed by atoms with Crippen LogP contribution in [-0.2, 0) is 13.1 Å². The van der Waals surface area contributed by atoms with Gasteiger partial charge in [-0.15, -0.1) is 22.7 Å². The Morgan fingerprint density at radius 2 is 1.37 bits per heavy atom. The van der Waals surface area contributed by atoms with Gasteiger partial charge in [-0.2, -0.15) is 0 Å². The predicted molar refractivity (Wildman–Crippen MR) is 118 cm³/mol. The Kier molecular flexibility index (Phi) is 6.97. The third-order valence-electron chi connectivity index (χ3n) is 4.09. The highest BCUT2D eigenvalue weighted by Gasteiger charge is 2.24. The van der Waals surface area contributed by atoms with Crippen molar-refractivity contribution >= 4 is 50.4 Å². The summed E-state index contributed by atoms with van der Waals surface area (Å²) < 4.78 is 1.05. The van der Waals surface area contributed by atoms with Crippen molar-refractivity contribution in [2.45, 2.75) is 27.9 Å². The molecule has 2 N–H and O–H groups in total. The number of nitrogens with one attached hydrogen (secondary N) is 2. The highest BCUT2D eigenvalue weighted by Crippen LogP contribution is 2.34. The monoisotopic (exact) mass is 464 g/mol. The number of thiophene rings is 2. The summed E-state index contributed by atoms with van der Waals surface area (Å²) in [4.78, 5) is 24.1. The lowest BCUT2D eigenvalue weighted by Gasteiger charge is -1.99. The molecule has 0 saturated heterocycles. The third-order valence-corrected chi connectivity index (χ3v) is 7.14. The number of benzene rings is 1. The van der Waals surface area contributed by atoms with Gasteiger partial charge in [-0.05, 0) is 32.4 Å². The normalized spacial score (nSPS) is 13.2. The maximum atomic E-state index is 11.4. The smallest absolute Gasteiger partial charge is 0.262 e. The molecule has 4 heterocycles. The van der Waals surface area contributed by atoms with E-state index in [0.29, 0.717) is 13.1 Å². The van der Waals surface area contributed by atoms with Crippen LogP contribution in [-0.4, -0.2) is 11.8 Å². The predicted octanol–water partition coefficient (Wildman–Crippen LogP) is 5.68. The molecule has 0 saturated carbocycles. The number of carbonyl (C=O) groups excluding carboxylic acids is 2. The standard InChI is InChI=1S/C12H9NOS.C6H4BrNOS.2CH4/c14-12-11-9(6-13-12)10(7-15-11)8-4-2-1-3-5-8;7-4-2-10-5-3(4)1-8-6(5)9;;/h1-5,7H,6H2,(H,13,14);2H,1H2,(H,8,9);2*1H4. The van der Waals surface area contributed by atoms with E-state index in [1.807, 2.05) is 23.6 Å². The molecule has 0 aliphatic carbocycles. The molecular weight excluding hydrogens is 444 g/mol. The molecule has 2 amide bonds. The second kappa shape index (κ2) is 8.82. The van der Waals surface area contributed by atoms with E-state index in [2.05, 4.69) is 44.1 Å². The Balaban J connectivity index is 0.000000193. The average Bonchev–Trinajstić information content (AvgIpc) is 3.37. The fraction of sp³-hybridized carbons (Fsp3) is 0.200. The van der Waals surface area contributed by atoms with Crippen LogP contribution >= 0.6 is 38.6 Å². The Hall–Kier alpha value is -1.96. The van der Waals surface area contributed by atoms with E-state index < -0.39 is 0 Å². The number of rotatable bonds is 1. The molecule has 0 atom stereocenters. The molecule has 4 nitrogen and oxygen atoms in total. The van der Waals surface area contributed by atoms with Crippen LogP contribution in [0.3, 0.4) is 0 Å². The van der Waals surface area contributed by atoms with E-state index >= 15 is 0 Å². The molecule has 3 aromatic rings. The fourth-order valence-corrected chi connectivity index (χ4v) is 5.46. The number of amides is 2. The van der Waals surface area contributed by atoms with Crippen molar-refractivity contribution in [2.75, 3.05) is 0 Å². The summed E-state index contributed by atoms with van der Waals surface area (Å²) in [7, 11) is 0. The zero-order valence-electron chi connectivity index (χ0n) is 13.0. The largest absolute Gasteiger partial charge is 0.347 e. The minimum atomic E-state index is 0. The average molecular weight is 465 g/mol. The van der Waals surface area contributed by atoms with Gasteiger partial charge < -0.3 is 10.6 Å². The molecule has 0 bridgehead atoms. The summed E-state index contributed by atoms with van der Waals surface area (Å²) in [5.41, 5.74) is 4.63. The van der Waals surface area contributed by atoms with E-state index in [4.69, 9.17) is 0 Å². The quantitative estimate of drug-likeness (QED) is 0.486. The molecule has 1 aromatic carbocycles. The van der Waals surface area contributed by atoms with Gasteiger partial charge in [-0.25, -0.2) is 0 Å². The number of halogens is 1. The van der Waals surface area contributed by atoms with Gasteiger partial charge in [0.2, 0.25) is 0 Å². The van der Waals surface area contributed by atoms with Gasteiger partial charge in [0, 0.05) is 34.1 Å². The topological polar surface area (TPSA) is 58.2 Å². The van der Waals surface area contributed by atoms with Gasteiger partial charge in [-0.3, -0.25) is 9.59 Å². The van der Waals surface area contributed by atoms with Crippen LogP contribution in [0.2, 0.25) is 0 Å². The van der Waals surface area contributed by atoms with Crippen LogP contribution in [0.15, 0.2) is 45.6 Å². The van der Waals surface area contributed by atoms with Gasteiger partial charge in [0.1, 0.15) is 0 Å². The molecule has 2 aliphatic heterocycles. The first-order chi connectivity index (χ1) is 12.1. The highest BCUT2D eigenvalue weighted by molar-refractivity contribution is 9.10. The summed E-state index contributed by atoms with van der Waals surface area (Å²) in [5, 5.41) is 9.61.